The van der Waals surface area contributed by atoms with Gasteiger partial charge in [-0.1, -0.05) is 0 Å². The Bertz CT molecular complexity index is 325. The SMILES string of the molecule is CCNC(=O)c1ccc(N)cc1S. The van der Waals surface area contributed by atoms with Crippen LogP contribution in [0.15, 0.2) is 23.1 Å². The number of nitrogen functional groups attached to an aromatic ring is 1. The number of hydrogen-bond donors (Lipinski definition) is 3. The van der Waals surface area contributed by atoms with Crippen LogP contribution in [0.25, 0.3) is 0 Å². The fourth-order valence-electron chi connectivity index (χ4n) is 0.996. The van der Waals surface area contributed by atoms with Crippen LogP contribution in [0.1, 0.15) is 17.3 Å². The van der Waals surface area contributed by atoms with Gasteiger partial charge in [0.1, 0.15) is 0 Å². The van der Waals surface area contributed by atoms with E-state index in [2.05, 4.69) is 17.9 Å². The van der Waals surface area contributed by atoms with Crippen molar-refractivity contribution in [3.63, 3.8) is 0 Å². The van der Waals surface area contributed by atoms with E-state index in [-0.39, 0.29) is 5.91 Å². The van der Waals surface area contributed by atoms with E-state index in [0.717, 1.165) is 0 Å². The fraction of sp³-hybridized carbons (Fsp3) is 0.222. The summed E-state index contributed by atoms with van der Waals surface area (Å²) in [4.78, 5) is 12.0. The predicted octanol–water partition coefficient (Wildman–Crippen LogP) is 1.31. The van der Waals surface area contributed by atoms with Crippen LogP contribution in [-0.2, 0) is 0 Å². The molecule has 0 spiro atoms. The maximum Gasteiger partial charge on any atom is 0.252 e. The topological polar surface area (TPSA) is 55.1 Å². The number of nitrogens with one attached hydrogen (secondary N) is 1. The van der Waals surface area contributed by atoms with Gasteiger partial charge < -0.3 is 11.1 Å². The van der Waals surface area contributed by atoms with Gasteiger partial charge in [-0.15, -0.1) is 12.6 Å². The van der Waals surface area contributed by atoms with Gasteiger partial charge in [0.05, 0.1) is 5.56 Å². The average Bonchev–Trinajstić information content (AvgIpc) is 2.04. The van der Waals surface area contributed by atoms with Crippen LogP contribution in [0.5, 0.6) is 0 Å². The molecule has 1 aromatic rings. The van der Waals surface area contributed by atoms with Gasteiger partial charge in [-0.05, 0) is 25.1 Å². The third kappa shape index (κ3) is 2.39. The van der Waals surface area contributed by atoms with Gasteiger partial charge in [0.2, 0.25) is 0 Å². The molecular weight excluding hydrogens is 184 g/mol. The molecular formula is C9H12N2OS. The van der Waals surface area contributed by atoms with Crippen molar-refractivity contribution in [2.24, 2.45) is 0 Å². The molecule has 4 heteroatoms. The number of amides is 1. The first kappa shape index (κ1) is 9.92. The number of nitrogens with two attached hydrogens (primary N) is 1. The van der Waals surface area contributed by atoms with Crippen molar-refractivity contribution in [3.05, 3.63) is 23.8 Å². The maximum atomic E-state index is 11.4. The molecule has 0 unspecified atom stereocenters. The van der Waals surface area contributed by atoms with E-state index < -0.39 is 0 Å². The van der Waals surface area contributed by atoms with E-state index in [0.29, 0.717) is 22.7 Å². The van der Waals surface area contributed by atoms with E-state index in [1.54, 1.807) is 18.2 Å². The van der Waals surface area contributed by atoms with Crippen LogP contribution in [0.4, 0.5) is 5.69 Å². The Labute approximate surface area is 82.7 Å². The number of carbonyl (C=O) groups excluding carboxylic acids is 1. The molecule has 3 N–H and O–H groups in total. The zero-order chi connectivity index (χ0) is 9.84. The molecule has 70 valence electrons. The van der Waals surface area contributed by atoms with Crippen molar-refractivity contribution in [2.75, 3.05) is 12.3 Å². The van der Waals surface area contributed by atoms with Gasteiger partial charge in [0, 0.05) is 17.1 Å². The summed E-state index contributed by atoms with van der Waals surface area (Å²) in [5, 5.41) is 2.69. The van der Waals surface area contributed by atoms with Crippen molar-refractivity contribution in [2.45, 2.75) is 11.8 Å². The van der Waals surface area contributed by atoms with Crippen LogP contribution in [0, 0.1) is 0 Å². The molecule has 1 aromatic carbocycles. The van der Waals surface area contributed by atoms with Gasteiger partial charge in [0.25, 0.3) is 5.91 Å². The molecule has 1 rings (SSSR count). The monoisotopic (exact) mass is 196 g/mol. The highest BCUT2D eigenvalue weighted by Gasteiger charge is 2.07. The van der Waals surface area contributed by atoms with E-state index >= 15 is 0 Å². The summed E-state index contributed by atoms with van der Waals surface area (Å²) in [5.74, 6) is -0.118. The van der Waals surface area contributed by atoms with Crippen molar-refractivity contribution in [1.82, 2.24) is 5.32 Å². The quantitative estimate of drug-likeness (QED) is 0.493. The number of hydrogen-bond acceptors (Lipinski definition) is 3. The first-order valence-electron chi connectivity index (χ1n) is 4.02. The average molecular weight is 196 g/mol. The maximum absolute atomic E-state index is 11.4. The van der Waals surface area contributed by atoms with E-state index in [1.165, 1.54) is 0 Å². The lowest BCUT2D eigenvalue weighted by molar-refractivity contribution is 0.0953. The molecule has 0 fully saturated rings. The molecule has 13 heavy (non-hydrogen) atoms. The first-order chi connectivity index (χ1) is 6.15. The molecule has 0 heterocycles. The summed E-state index contributed by atoms with van der Waals surface area (Å²) in [6.45, 7) is 2.48. The summed E-state index contributed by atoms with van der Waals surface area (Å²) in [7, 11) is 0. The normalized spacial score (nSPS) is 9.69. The smallest absolute Gasteiger partial charge is 0.252 e. The summed E-state index contributed by atoms with van der Waals surface area (Å²) in [6.07, 6.45) is 0. The molecule has 0 atom stereocenters. The van der Waals surface area contributed by atoms with Gasteiger partial charge in [-0.3, -0.25) is 4.79 Å². The molecule has 0 aliphatic heterocycles. The highest BCUT2D eigenvalue weighted by atomic mass is 32.1. The minimum atomic E-state index is -0.118. The Morgan fingerprint density at radius 1 is 1.62 bits per heavy atom. The van der Waals surface area contributed by atoms with Gasteiger partial charge in [0.15, 0.2) is 0 Å². The van der Waals surface area contributed by atoms with Gasteiger partial charge in [-0.25, -0.2) is 0 Å². The molecule has 0 aliphatic carbocycles. The molecule has 3 nitrogen and oxygen atoms in total. The number of rotatable bonds is 2. The lowest BCUT2D eigenvalue weighted by Gasteiger charge is -2.05. The van der Waals surface area contributed by atoms with Crippen molar-refractivity contribution >= 4 is 24.2 Å². The molecule has 0 radical (unpaired) electrons. The third-order valence-electron chi connectivity index (χ3n) is 1.60. The number of benzene rings is 1. The van der Waals surface area contributed by atoms with Crippen LogP contribution in [0.3, 0.4) is 0 Å². The molecule has 0 bridgehead atoms. The predicted molar refractivity (Wildman–Crippen MR) is 56.1 cm³/mol. The molecule has 0 aliphatic rings. The second-order valence-corrected chi connectivity index (χ2v) is 3.12. The standard InChI is InChI=1S/C9H12N2OS/c1-2-11-9(12)7-4-3-6(10)5-8(7)13/h3-5,13H,2,10H2,1H3,(H,11,12). The summed E-state index contributed by atoms with van der Waals surface area (Å²) in [5.41, 5.74) is 6.69. The Kier molecular flexibility index (Phi) is 3.19. The zero-order valence-electron chi connectivity index (χ0n) is 7.37. The molecule has 0 saturated heterocycles. The second kappa shape index (κ2) is 4.18. The Balaban J connectivity index is 2.95. The number of anilines is 1. The largest absolute Gasteiger partial charge is 0.399 e. The molecule has 0 aromatic heterocycles. The second-order valence-electron chi connectivity index (χ2n) is 2.64. The van der Waals surface area contributed by atoms with Crippen molar-refractivity contribution < 1.29 is 4.79 Å². The van der Waals surface area contributed by atoms with E-state index in [1.807, 2.05) is 6.92 Å². The fourth-order valence-corrected chi connectivity index (χ4v) is 1.32. The van der Waals surface area contributed by atoms with E-state index in [9.17, 15) is 4.79 Å². The first-order valence-corrected chi connectivity index (χ1v) is 4.46. The van der Waals surface area contributed by atoms with Crippen molar-refractivity contribution in [1.29, 1.82) is 0 Å². The zero-order valence-corrected chi connectivity index (χ0v) is 8.27. The van der Waals surface area contributed by atoms with E-state index in [4.69, 9.17) is 5.73 Å². The Hall–Kier alpha value is -1.16. The summed E-state index contributed by atoms with van der Waals surface area (Å²) < 4.78 is 0. The number of thiol groups is 1. The Morgan fingerprint density at radius 3 is 2.85 bits per heavy atom. The highest BCUT2D eigenvalue weighted by Crippen LogP contribution is 2.16. The van der Waals surface area contributed by atoms with Crippen LogP contribution in [-0.4, -0.2) is 12.5 Å². The lowest BCUT2D eigenvalue weighted by atomic mass is 10.2. The third-order valence-corrected chi connectivity index (χ3v) is 1.97. The van der Waals surface area contributed by atoms with Crippen molar-refractivity contribution in [3.8, 4) is 0 Å². The van der Waals surface area contributed by atoms with Gasteiger partial charge >= 0.3 is 0 Å². The summed E-state index contributed by atoms with van der Waals surface area (Å²) >= 11 is 4.16. The minimum Gasteiger partial charge on any atom is -0.399 e. The molecule has 1 amide bonds. The molecule has 0 saturated carbocycles. The lowest BCUT2D eigenvalue weighted by Crippen LogP contribution is -2.23. The highest BCUT2D eigenvalue weighted by molar-refractivity contribution is 7.80. The van der Waals surface area contributed by atoms with Gasteiger partial charge in [-0.2, -0.15) is 0 Å². The van der Waals surface area contributed by atoms with Crippen LogP contribution >= 0.6 is 12.6 Å². The van der Waals surface area contributed by atoms with Crippen LogP contribution in [0.2, 0.25) is 0 Å². The minimum absolute atomic E-state index is 0.118. The Morgan fingerprint density at radius 2 is 2.31 bits per heavy atom. The number of carbonyl (C=O) groups is 1. The van der Waals surface area contributed by atoms with Crippen LogP contribution < -0.4 is 11.1 Å². The summed E-state index contributed by atoms with van der Waals surface area (Å²) in [6, 6.07) is 5.01.